The van der Waals surface area contributed by atoms with E-state index in [9.17, 15) is 0 Å². The lowest BCUT2D eigenvalue weighted by Crippen LogP contribution is -2.36. The van der Waals surface area contributed by atoms with Gasteiger partial charge in [-0.05, 0) is 123 Å². The highest BCUT2D eigenvalue weighted by atomic mass is 15.2. The first-order valence-electron chi connectivity index (χ1n) is 21.0. The Morgan fingerprint density at radius 3 is 1.85 bits per heavy atom. The van der Waals surface area contributed by atoms with Gasteiger partial charge in [0.2, 0.25) is 0 Å². The van der Waals surface area contributed by atoms with Gasteiger partial charge in [0.15, 0.2) is 0 Å². The van der Waals surface area contributed by atoms with Crippen molar-refractivity contribution in [2.24, 2.45) is 0 Å². The number of benzene rings is 8. The van der Waals surface area contributed by atoms with Gasteiger partial charge in [-0.2, -0.15) is 0 Å². The zero-order chi connectivity index (χ0) is 38.9. The lowest BCUT2D eigenvalue weighted by Gasteiger charge is -2.40. The van der Waals surface area contributed by atoms with Crippen LogP contribution < -0.4 is 9.80 Å². The maximum absolute atomic E-state index is 2.63. The van der Waals surface area contributed by atoms with Crippen LogP contribution in [0.15, 0.2) is 235 Å². The molecule has 0 N–H and O–H groups in total. The maximum atomic E-state index is 2.63. The molecule has 0 saturated carbocycles. The largest absolute Gasteiger partial charge is 0.334 e. The third-order valence-corrected chi connectivity index (χ3v) is 13.3. The van der Waals surface area contributed by atoms with Gasteiger partial charge in [0.1, 0.15) is 0 Å². The van der Waals surface area contributed by atoms with E-state index >= 15 is 0 Å². The Morgan fingerprint density at radius 2 is 1.08 bits per heavy atom. The molecule has 0 amide bonds. The summed E-state index contributed by atoms with van der Waals surface area (Å²) >= 11 is 0. The molecule has 280 valence electrons. The molecule has 0 radical (unpaired) electrons. The molecular weight excluding hydrogens is 713 g/mol. The minimum Gasteiger partial charge on any atom is -0.334 e. The zero-order valence-corrected chi connectivity index (χ0v) is 32.8. The van der Waals surface area contributed by atoms with Crippen LogP contribution in [0.5, 0.6) is 0 Å². The first-order valence-corrected chi connectivity index (χ1v) is 21.0. The fraction of sp³-hybridized carbons (Fsp3) is 0.0877. The van der Waals surface area contributed by atoms with Crippen LogP contribution in [0.2, 0.25) is 0 Å². The van der Waals surface area contributed by atoms with Crippen LogP contribution in [0, 0.1) is 0 Å². The summed E-state index contributed by atoms with van der Waals surface area (Å²) in [6, 6.07) is 69.5. The summed E-state index contributed by atoms with van der Waals surface area (Å²) in [5, 5.41) is 5.10. The molecule has 0 saturated heterocycles. The van der Waals surface area contributed by atoms with Crippen molar-refractivity contribution in [3.63, 3.8) is 0 Å². The Hall–Kier alpha value is -7.16. The van der Waals surface area contributed by atoms with Crippen LogP contribution in [0.1, 0.15) is 30.4 Å². The average molecular weight is 755 g/mol. The fourth-order valence-electron chi connectivity index (χ4n) is 11.0. The maximum Gasteiger partial charge on any atom is 0.0653 e. The molecule has 4 aliphatic rings. The van der Waals surface area contributed by atoms with Gasteiger partial charge in [0.05, 0.1) is 22.8 Å². The summed E-state index contributed by atoms with van der Waals surface area (Å²) in [4.78, 5) is 5.08. The third-order valence-electron chi connectivity index (χ3n) is 13.3. The van der Waals surface area contributed by atoms with Crippen molar-refractivity contribution in [1.82, 2.24) is 0 Å². The van der Waals surface area contributed by atoms with E-state index in [4.69, 9.17) is 0 Å². The highest BCUT2D eigenvalue weighted by Gasteiger charge is 2.55. The molecule has 8 aromatic carbocycles. The van der Waals surface area contributed by atoms with Crippen molar-refractivity contribution < 1.29 is 0 Å². The molecule has 4 aliphatic carbocycles. The van der Waals surface area contributed by atoms with Gasteiger partial charge in [-0.1, -0.05) is 164 Å². The van der Waals surface area contributed by atoms with Gasteiger partial charge in [0, 0.05) is 28.0 Å². The first-order chi connectivity index (χ1) is 29.3. The van der Waals surface area contributed by atoms with Gasteiger partial charge in [-0.25, -0.2) is 0 Å². The van der Waals surface area contributed by atoms with Crippen molar-refractivity contribution in [2.75, 3.05) is 9.80 Å². The number of anilines is 5. The van der Waals surface area contributed by atoms with E-state index < -0.39 is 0 Å². The Balaban J connectivity index is 1.09. The molecule has 12 rings (SSSR count). The van der Waals surface area contributed by atoms with Crippen molar-refractivity contribution >= 4 is 50.0 Å². The monoisotopic (exact) mass is 754 g/mol. The topological polar surface area (TPSA) is 6.48 Å². The zero-order valence-electron chi connectivity index (χ0n) is 32.8. The van der Waals surface area contributed by atoms with Crippen LogP contribution in [-0.4, -0.2) is 6.04 Å². The molecule has 8 aromatic rings. The number of rotatable bonds is 6. The molecule has 59 heavy (non-hydrogen) atoms. The van der Waals surface area contributed by atoms with Gasteiger partial charge >= 0.3 is 0 Å². The standard InChI is InChI=1S/C57H42N2/c1-4-20-40(21-5-1)58(41-22-6-2-7-23-41)54-34-18-33-52-56(54)49-30-15-17-32-51(49)57(52)50-31-16-14-28-46(50)47-36-35-43(38-53(47)57)59(42-24-8-3-9-25-42)55-37-39-19-10-11-26-44(39)45-27-12-13-29-48(45)55/h1-15,17-30,32-37,43H,16,31,38H2. The summed E-state index contributed by atoms with van der Waals surface area (Å²) in [7, 11) is 0. The van der Waals surface area contributed by atoms with Crippen molar-refractivity contribution in [2.45, 2.75) is 30.7 Å². The predicted octanol–water partition coefficient (Wildman–Crippen LogP) is 14.9. The van der Waals surface area contributed by atoms with Crippen molar-refractivity contribution in [3.8, 4) is 11.1 Å². The van der Waals surface area contributed by atoms with Gasteiger partial charge < -0.3 is 9.80 Å². The molecule has 1 spiro atoms. The van der Waals surface area contributed by atoms with Crippen molar-refractivity contribution in [1.29, 1.82) is 0 Å². The number of para-hydroxylation sites is 3. The summed E-state index contributed by atoms with van der Waals surface area (Å²) < 4.78 is 0. The number of nitrogens with zero attached hydrogens (tertiary/aromatic N) is 2. The molecule has 0 heterocycles. The lowest BCUT2D eigenvalue weighted by atomic mass is 9.65. The molecular formula is C57H42N2. The average Bonchev–Trinajstić information content (AvgIpc) is 3.78. The number of hydrogen-bond acceptors (Lipinski definition) is 2. The van der Waals surface area contributed by atoms with Gasteiger partial charge in [0.25, 0.3) is 0 Å². The van der Waals surface area contributed by atoms with Gasteiger partial charge in [-0.15, -0.1) is 0 Å². The number of fused-ring (bicyclic) bond motifs is 11. The minimum atomic E-state index is -0.382. The van der Waals surface area contributed by atoms with E-state index in [1.54, 1.807) is 5.57 Å². The molecule has 0 aromatic heterocycles. The van der Waals surface area contributed by atoms with E-state index in [-0.39, 0.29) is 11.5 Å². The summed E-state index contributed by atoms with van der Waals surface area (Å²) in [6.07, 6.45) is 12.8. The Bertz CT molecular complexity index is 3040. The highest BCUT2D eigenvalue weighted by Crippen LogP contribution is 2.66. The molecule has 2 heteroatoms. The smallest absolute Gasteiger partial charge is 0.0653 e. The van der Waals surface area contributed by atoms with Crippen LogP contribution in [0.3, 0.4) is 0 Å². The second-order valence-corrected chi connectivity index (χ2v) is 16.2. The van der Waals surface area contributed by atoms with E-state index in [2.05, 4.69) is 222 Å². The second-order valence-electron chi connectivity index (χ2n) is 16.2. The minimum absolute atomic E-state index is 0.0763. The van der Waals surface area contributed by atoms with E-state index in [0.717, 1.165) is 30.6 Å². The lowest BCUT2D eigenvalue weighted by molar-refractivity contribution is 0.626. The molecule has 2 nitrogen and oxygen atoms in total. The van der Waals surface area contributed by atoms with Crippen LogP contribution >= 0.6 is 0 Å². The van der Waals surface area contributed by atoms with Crippen LogP contribution in [0.4, 0.5) is 28.4 Å². The molecule has 0 fully saturated rings. The quantitative estimate of drug-likeness (QED) is 0.156. The van der Waals surface area contributed by atoms with E-state index in [1.807, 2.05) is 0 Å². The Kier molecular flexibility index (Phi) is 7.74. The Morgan fingerprint density at radius 1 is 0.475 bits per heavy atom. The summed E-state index contributed by atoms with van der Waals surface area (Å²) in [6.45, 7) is 0. The second kappa shape index (κ2) is 13.5. The Labute approximate surface area is 346 Å². The van der Waals surface area contributed by atoms with E-state index in [1.165, 1.54) is 77.6 Å². The van der Waals surface area contributed by atoms with Crippen molar-refractivity contribution in [3.05, 3.63) is 246 Å². The molecule has 0 aliphatic heterocycles. The predicted molar refractivity (Wildman–Crippen MR) is 247 cm³/mol. The van der Waals surface area contributed by atoms with Crippen LogP contribution in [-0.2, 0) is 5.41 Å². The third kappa shape index (κ3) is 4.99. The van der Waals surface area contributed by atoms with Gasteiger partial charge in [-0.3, -0.25) is 0 Å². The van der Waals surface area contributed by atoms with E-state index in [0.29, 0.717) is 0 Å². The molecule has 2 unspecified atom stereocenters. The summed E-state index contributed by atoms with van der Waals surface area (Å²) in [5.74, 6) is 0. The first kappa shape index (κ1) is 33.9. The van der Waals surface area contributed by atoms with Crippen LogP contribution in [0.25, 0.3) is 32.7 Å². The highest BCUT2D eigenvalue weighted by molar-refractivity contribution is 6.14. The fourth-order valence-corrected chi connectivity index (χ4v) is 11.0. The molecule has 2 atom stereocenters. The number of allylic oxidation sites excluding steroid dienone is 6. The molecule has 0 bridgehead atoms. The SMILES string of the molecule is C1=CC2=C(CC1)C1(C3=C2C=CC(N(c2ccccc2)c2cc4ccccc4c4ccccc24)C3)c2ccccc2-c2c(N(c3ccccc3)c3ccccc3)cccc21. The normalized spacial score (nSPS) is 18.6. The number of hydrogen-bond donors (Lipinski definition) is 0. The summed E-state index contributed by atoms with van der Waals surface area (Å²) in [5.41, 5.74) is 16.9.